The predicted octanol–water partition coefficient (Wildman–Crippen LogP) is 1.30. The van der Waals surface area contributed by atoms with Crippen molar-refractivity contribution in [1.29, 1.82) is 0 Å². The van der Waals surface area contributed by atoms with Crippen molar-refractivity contribution >= 4 is 11.7 Å². The number of carbonyl (C=O) groups is 1. The van der Waals surface area contributed by atoms with Crippen LogP contribution in [0.2, 0.25) is 0 Å². The number of anilines is 1. The van der Waals surface area contributed by atoms with Gasteiger partial charge in [-0.3, -0.25) is 4.79 Å². The van der Waals surface area contributed by atoms with Crippen molar-refractivity contribution in [3.63, 3.8) is 0 Å². The first kappa shape index (κ1) is 14.7. The van der Waals surface area contributed by atoms with Crippen molar-refractivity contribution in [2.75, 3.05) is 25.5 Å². The fourth-order valence-electron chi connectivity index (χ4n) is 2.14. The number of amides is 1. The van der Waals surface area contributed by atoms with E-state index in [1.165, 1.54) is 0 Å². The third kappa shape index (κ3) is 3.25. The summed E-state index contributed by atoms with van der Waals surface area (Å²) in [6, 6.07) is 0. The van der Waals surface area contributed by atoms with Gasteiger partial charge in [0.1, 0.15) is 17.3 Å². The van der Waals surface area contributed by atoms with Crippen LogP contribution in [-0.4, -0.2) is 41.7 Å². The van der Waals surface area contributed by atoms with E-state index in [0.717, 1.165) is 30.8 Å². The number of methoxy groups -OCH3 is 1. The topological polar surface area (TPSA) is 76.1 Å². The molecule has 20 heavy (non-hydrogen) atoms. The average Bonchev–Trinajstić information content (AvgIpc) is 2.40. The van der Waals surface area contributed by atoms with Gasteiger partial charge in [-0.25, -0.2) is 9.97 Å². The molecule has 2 N–H and O–H groups in total. The van der Waals surface area contributed by atoms with Crippen molar-refractivity contribution in [2.24, 2.45) is 0 Å². The van der Waals surface area contributed by atoms with Gasteiger partial charge in [0.25, 0.3) is 5.91 Å². The summed E-state index contributed by atoms with van der Waals surface area (Å²) in [6.45, 7) is 7.26. The molecule has 0 saturated carbocycles. The molecule has 1 aromatic heterocycles. The van der Waals surface area contributed by atoms with E-state index in [4.69, 9.17) is 4.74 Å². The zero-order chi connectivity index (χ0) is 14.8. The molecular formula is C14H22N4O2. The van der Waals surface area contributed by atoms with Gasteiger partial charge in [-0.15, -0.1) is 0 Å². The standard InChI is InChI=1S/C14H22N4O2/c1-9-17-11-10(5-7-16-13(11)19)12(18-9)15-8-6-14(2,3)20-4/h5-8H2,1-4H3,(H,16,19)(H,15,17,18). The lowest BCUT2D eigenvalue weighted by atomic mass is 10.0. The van der Waals surface area contributed by atoms with Crippen LogP contribution in [0.25, 0.3) is 0 Å². The number of rotatable bonds is 5. The summed E-state index contributed by atoms with van der Waals surface area (Å²) in [4.78, 5) is 20.5. The zero-order valence-corrected chi connectivity index (χ0v) is 12.5. The van der Waals surface area contributed by atoms with Gasteiger partial charge in [-0.1, -0.05) is 0 Å². The molecule has 0 atom stereocenters. The van der Waals surface area contributed by atoms with Gasteiger partial charge in [0.15, 0.2) is 0 Å². The van der Waals surface area contributed by atoms with Crippen LogP contribution in [0.1, 0.15) is 42.1 Å². The van der Waals surface area contributed by atoms with Gasteiger partial charge < -0.3 is 15.4 Å². The predicted molar refractivity (Wildman–Crippen MR) is 77.0 cm³/mol. The Morgan fingerprint density at radius 1 is 1.40 bits per heavy atom. The minimum absolute atomic E-state index is 0.114. The molecule has 1 aromatic rings. The van der Waals surface area contributed by atoms with Crippen LogP contribution in [0.3, 0.4) is 0 Å². The number of nitrogens with one attached hydrogen (secondary N) is 2. The number of nitrogens with zero attached hydrogens (tertiary/aromatic N) is 2. The molecule has 6 nitrogen and oxygen atoms in total. The molecule has 0 aromatic carbocycles. The first-order valence-electron chi connectivity index (χ1n) is 6.88. The van der Waals surface area contributed by atoms with Crippen LogP contribution in [0.4, 0.5) is 5.82 Å². The molecule has 0 fully saturated rings. The van der Waals surface area contributed by atoms with Gasteiger partial charge in [-0.05, 0) is 33.6 Å². The fraction of sp³-hybridized carbons (Fsp3) is 0.643. The number of aromatic nitrogens is 2. The Hall–Kier alpha value is -1.69. The highest BCUT2D eigenvalue weighted by molar-refractivity contribution is 5.95. The maximum absolute atomic E-state index is 11.8. The molecule has 0 unspecified atom stereocenters. The molecule has 6 heteroatoms. The molecule has 1 amide bonds. The van der Waals surface area contributed by atoms with Gasteiger partial charge in [-0.2, -0.15) is 0 Å². The van der Waals surface area contributed by atoms with E-state index in [1.54, 1.807) is 14.0 Å². The molecule has 0 spiro atoms. The highest BCUT2D eigenvalue weighted by atomic mass is 16.5. The number of fused-ring (bicyclic) bond motifs is 1. The van der Waals surface area contributed by atoms with Crippen LogP contribution < -0.4 is 10.6 Å². The van der Waals surface area contributed by atoms with Crippen LogP contribution in [0.15, 0.2) is 0 Å². The van der Waals surface area contributed by atoms with Crippen molar-refractivity contribution in [2.45, 2.75) is 39.2 Å². The SMILES string of the molecule is COC(C)(C)CCNc1nc(C)nc2c1CCNC2=O. The lowest BCUT2D eigenvalue weighted by Crippen LogP contribution is -2.34. The monoisotopic (exact) mass is 278 g/mol. The number of ether oxygens (including phenoxy) is 1. The molecule has 2 heterocycles. The first-order valence-corrected chi connectivity index (χ1v) is 6.88. The second kappa shape index (κ2) is 5.75. The summed E-state index contributed by atoms with van der Waals surface area (Å²) in [5.74, 6) is 1.26. The van der Waals surface area contributed by atoms with Crippen LogP contribution in [0.5, 0.6) is 0 Å². The van der Waals surface area contributed by atoms with E-state index < -0.39 is 0 Å². The highest BCUT2D eigenvalue weighted by Gasteiger charge is 2.23. The quantitative estimate of drug-likeness (QED) is 0.849. The molecule has 1 aliphatic rings. The molecule has 1 aliphatic heterocycles. The Kier molecular flexibility index (Phi) is 4.23. The van der Waals surface area contributed by atoms with Gasteiger partial charge in [0, 0.05) is 25.8 Å². The van der Waals surface area contributed by atoms with Crippen LogP contribution in [-0.2, 0) is 11.2 Å². The fourth-order valence-corrected chi connectivity index (χ4v) is 2.14. The molecule has 0 saturated heterocycles. The summed E-state index contributed by atoms with van der Waals surface area (Å²) in [7, 11) is 1.71. The third-order valence-electron chi connectivity index (χ3n) is 3.57. The summed E-state index contributed by atoms with van der Waals surface area (Å²) in [5.41, 5.74) is 1.24. The summed E-state index contributed by atoms with van der Waals surface area (Å²) in [5, 5.41) is 6.12. The maximum atomic E-state index is 11.8. The molecule has 2 rings (SSSR count). The van der Waals surface area contributed by atoms with Crippen LogP contribution >= 0.6 is 0 Å². The summed E-state index contributed by atoms with van der Waals surface area (Å²) < 4.78 is 5.39. The second-order valence-electron chi connectivity index (χ2n) is 5.59. The Morgan fingerprint density at radius 2 is 2.15 bits per heavy atom. The lowest BCUT2D eigenvalue weighted by Gasteiger charge is -2.24. The number of carbonyl (C=O) groups excluding carboxylic acids is 1. The molecule has 0 aliphatic carbocycles. The Bertz CT molecular complexity index is 514. The van der Waals surface area contributed by atoms with E-state index >= 15 is 0 Å². The van der Waals surface area contributed by atoms with E-state index in [0.29, 0.717) is 18.1 Å². The third-order valence-corrected chi connectivity index (χ3v) is 3.57. The lowest BCUT2D eigenvalue weighted by molar-refractivity contribution is 0.0184. The van der Waals surface area contributed by atoms with E-state index in [-0.39, 0.29) is 11.5 Å². The molecule has 110 valence electrons. The molecule has 0 bridgehead atoms. The minimum Gasteiger partial charge on any atom is -0.379 e. The Labute approximate surface area is 119 Å². The smallest absolute Gasteiger partial charge is 0.270 e. The Balaban J connectivity index is 2.14. The molecular weight excluding hydrogens is 256 g/mol. The minimum atomic E-state index is -0.174. The van der Waals surface area contributed by atoms with Crippen molar-refractivity contribution in [1.82, 2.24) is 15.3 Å². The normalized spacial score (nSPS) is 14.7. The number of aryl methyl sites for hydroxylation is 1. The zero-order valence-electron chi connectivity index (χ0n) is 12.5. The number of hydrogen-bond acceptors (Lipinski definition) is 5. The van der Waals surface area contributed by atoms with E-state index in [9.17, 15) is 4.79 Å². The van der Waals surface area contributed by atoms with E-state index in [1.807, 2.05) is 13.8 Å². The van der Waals surface area contributed by atoms with Crippen molar-refractivity contribution in [3.05, 3.63) is 17.1 Å². The first-order chi connectivity index (χ1) is 9.43. The van der Waals surface area contributed by atoms with Gasteiger partial charge in [0.2, 0.25) is 0 Å². The number of hydrogen-bond donors (Lipinski definition) is 2. The van der Waals surface area contributed by atoms with Crippen molar-refractivity contribution < 1.29 is 9.53 Å². The highest BCUT2D eigenvalue weighted by Crippen LogP contribution is 2.21. The second-order valence-corrected chi connectivity index (χ2v) is 5.59. The van der Waals surface area contributed by atoms with Crippen LogP contribution in [0, 0.1) is 6.92 Å². The van der Waals surface area contributed by atoms with Crippen molar-refractivity contribution in [3.8, 4) is 0 Å². The van der Waals surface area contributed by atoms with Gasteiger partial charge >= 0.3 is 0 Å². The largest absolute Gasteiger partial charge is 0.379 e. The summed E-state index contributed by atoms with van der Waals surface area (Å²) in [6.07, 6.45) is 1.62. The summed E-state index contributed by atoms with van der Waals surface area (Å²) >= 11 is 0. The average molecular weight is 278 g/mol. The molecule has 0 radical (unpaired) electrons. The maximum Gasteiger partial charge on any atom is 0.270 e. The Morgan fingerprint density at radius 3 is 2.85 bits per heavy atom. The van der Waals surface area contributed by atoms with E-state index in [2.05, 4.69) is 20.6 Å². The van der Waals surface area contributed by atoms with Gasteiger partial charge in [0.05, 0.1) is 5.60 Å².